The molecule has 0 atom stereocenters. The van der Waals surface area contributed by atoms with E-state index in [1.165, 1.54) is 19.3 Å². The molecule has 4 rings (SSSR count). The van der Waals surface area contributed by atoms with Crippen molar-refractivity contribution in [3.05, 3.63) is 0 Å². The fourth-order valence-corrected chi connectivity index (χ4v) is 5.09. The maximum atomic E-state index is 12.7. The second-order valence-corrected chi connectivity index (χ2v) is 7.14. The van der Waals surface area contributed by atoms with Crippen molar-refractivity contribution in [3.8, 4) is 0 Å². The molecule has 0 radical (unpaired) electrons. The summed E-state index contributed by atoms with van der Waals surface area (Å²) in [6.45, 7) is 2.56. The summed E-state index contributed by atoms with van der Waals surface area (Å²) >= 11 is 4.97. The Morgan fingerprint density at radius 2 is 1.74 bits per heavy atom. The van der Waals surface area contributed by atoms with E-state index in [2.05, 4.69) is 5.43 Å². The van der Waals surface area contributed by atoms with Gasteiger partial charge in [0.25, 0.3) is 0 Å². The lowest BCUT2D eigenvalue weighted by atomic mass is 9.49. The highest BCUT2D eigenvalue weighted by atomic mass is 32.1. The Morgan fingerprint density at radius 1 is 1.26 bits per heavy atom. The minimum absolute atomic E-state index is 0.132. The number of hydrogen-bond acceptors (Lipinski definition) is 2. The zero-order chi connectivity index (χ0) is 13.6. The van der Waals surface area contributed by atoms with Crippen molar-refractivity contribution in [1.29, 1.82) is 0 Å². The van der Waals surface area contributed by atoms with Gasteiger partial charge < -0.3 is 5.73 Å². The first-order chi connectivity index (χ1) is 9.02. The number of hydrogen-bond donors (Lipinski definition) is 2. The summed E-state index contributed by atoms with van der Waals surface area (Å²) in [6.07, 6.45) is 7.25. The van der Waals surface area contributed by atoms with Crippen molar-refractivity contribution in [1.82, 2.24) is 10.4 Å². The van der Waals surface area contributed by atoms with E-state index in [-0.39, 0.29) is 16.4 Å². The highest BCUT2D eigenvalue weighted by molar-refractivity contribution is 7.80. The van der Waals surface area contributed by atoms with Gasteiger partial charge >= 0.3 is 0 Å². The largest absolute Gasteiger partial charge is 0.375 e. The van der Waals surface area contributed by atoms with E-state index in [1.807, 2.05) is 6.92 Å². The third-order valence-electron chi connectivity index (χ3n) is 5.34. The summed E-state index contributed by atoms with van der Waals surface area (Å²) in [5.41, 5.74) is 8.45. The molecule has 106 valence electrons. The molecular weight excluding hydrogens is 258 g/mol. The molecule has 0 saturated heterocycles. The van der Waals surface area contributed by atoms with Crippen LogP contribution < -0.4 is 11.2 Å². The maximum Gasteiger partial charge on any atom is 0.244 e. The van der Waals surface area contributed by atoms with Crippen molar-refractivity contribution in [2.45, 2.75) is 45.4 Å². The van der Waals surface area contributed by atoms with Crippen molar-refractivity contribution in [2.75, 3.05) is 6.54 Å². The Balaban J connectivity index is 1.74. The fraction of sp³-hybridized carbons (Fsp3) is 0.857. The van der Waals surface area contributed by atoms with Gasteiger partial charge in [0.05, 0.1) is 5.41 Å². The van der Waals surface area contributed by atoms with Gasteiger partial charge in [-0.1, -0.05) is 0 Å². The van der Waals surface area contributed by atoms with Crippen LogP contribution in [-0.4, -0.2) is 22.6 Å². The topological polar surface area (TPSA) is 58.4 Å². The summed E-state index contributed by atoms with van der Waals surface area (Å²) in [5.74, 6) is 2.48. The monoisotopic (exact) mass is 281 g/mol. The summed E-state index contributed by atoms with van der Waals surface area (Å²) in [5, 5.41) is 1.84. The molecule has 5 heteroatoms. The Bertz CT molecular complexity index is 374. The third kappa shape index (κ3) is 2.22. The molecule has 0 aliphatic heterocycles. The minimum Gasteiger partial charge on any atom is -0.375 e. The maximum absolute atomic E-state index is 12.7. The molecule has 0 heterocycles. The number of nitrogens with one attached hydrogen (secondary N) is 1. The summed E-state index contributed by atoms with van der Waals surface area (Å²) in [4.78, 5) is 12.7. The van der Waals surface area contributed by atoms with Crippen LogP contribution in [0.25, 0.3) is 0 Å². The van der Waals surface area contributed by atoms with Crippen molar-refractivity contribution in [3.63, 3.8) is 0 Å². The van der Waals surface area contributed by atoms with E-state index in [0.29, 0.717) is 6.54 Å². The smallest absolute Gasteiger partial charge is 0.244 e. The Morgan fingerprint density at radius 3 is 2.11 bits per heavy atom. The fourth-order valence-electron chi connectivity index (χ4n) is 4.92. The van der Waals surface area contributed by atoms with Crippen LogP contribution in [-0.2, 0) is 4.79 Å². The predicted molar refractivity (Wildman–Crippen MR) is 77.9 cm³/mol. The van der Waals surface area contributed by atoms with E-state index in [4.69, 9.17) is 18.0 Å². The van der Waals surface area contributed by atoms with Crippen LogP contribution in [0.3, 0.4) is 0 Å². The number of rotatable bonds is 2. The van der Waals surface area contributed by atoms with Crippen LogP contribution >= 0.6 is 12.2 Å². The van der Waals surface area contributed by atoms with Crippen LogP contribution in [0.2, 0.25) is 0 Å². The van der Waals surface area contributed by atoms with Gasteiger partial charge in [-0.3, -0.25) is 15.2 Å². The zero-order valence-corrected chi connectivity index (χ0v) is 12.3. The molecule has 0 aromatic rings. The summed E-state index contributed by atoms with van der Waals surface area (Å²) in [7, 11) is 0. The van der Waals surface area contributed by atoms with Gasteiger partial charge in [-0.15, -0.1) is 0 Å². The van der Waals surface area contributed by atoms with Gasteiger partial charge in [0.15, 0.2) is 5.11 Å². The number of carbonyl (C=O) groups excluding carboxylic acids is 1. The molecular formula is C14H23N3OS. The van der Waals surface area contributed by atoms with E-state index in [0.717, 1.165) is 37.0 Å². The Hall–Kier alpha value is -0.840. The molecule has 4 fully saturated rings. The molecule has 4 nitrogen and oxygen atoms in total. The average Bonchev–Trinajstić information content (AvgIpc) is 2.33. The molecule has 4 saturated carbocycles. The third-order valence-corrected chi connectivity index (χ3v) is 5.56. The van der Waals surface area contributed by atoms with Crippen LogP contribution in [0.15, 0.2) is 0 Å². The first-order valence-electron chi connectivity index (χ1n) is 7.40. The summed E-state index contributed by atoms with van der Waals surface area (Å²) < 4.78 is 0. The first kappa shape index (κ1) is 13.2. The summed E-state index contributed by atoms with van der Waals surface area (Å²) in [6, 6.07) is 0. The molecule has 4 aliphatic rings. The van der Waals surface area contributed by atoms with Gasteiger partial charge in [-0.2, -0.15) is 0 Å². The lowest BCUT2D eigenvalue weighted by Gasteiger charge is -2.55. The number of thiocarbonyl (C=S) groups is 1. The molecule has 3 N–H and O–H groups in total. The minimum atomic E-state index is -0.132. The molecule has 4 bridgehead atoms. The van der Waals surface area contributed by atoms with E-state index in [9.17, 15) is 4.79 Å². The molecule has 0 aromatic heterocycles. The molecule has 19 heavy (non-hydrogen) atoms. The number of amides is 1. The second-order valence-electron chi connectivity index (χ2n) is 6.72. The van der Waals surface area contributed by atoms with Gasteiger partial charge in [0, 0.05) is 6.54 Å². The molecule has 4 aliphatic carbocycles. The molecule has 0 unspecified atom stereocenters. The number of nitrogens with two attached hydrogens (primary N) is 1. The van der Waals surface area contributed by atoms with Crippen LogP contribution in [0.5, 0.6) is 0 Å². The van der Waals surface area contributed by atoms with E-state index in [1.54, 1.807) is 5.01 Å². The van der Waals surface area contributed by atoms with E-state index >= 15 is 0 Å². The lowest BCUT2D eigenvalue weighted by molar-refractivity contribution is -0.149. The predicted octanol–water partition coefficient (Wildman–Crippen LogP) is 1.80. The molecule has 0 spiro atoms. The molecule has 0 aromatic carbocycles. The van der Waals surface area contributed by atoms with Gasteiger partial charge in [0.2, 0.25) is 5.91 Å². The normalized spacial score (nSPS) is 39.1. The quantitative estimate of drug-likeness (QED) is 0.598. The Kier molecular flexibility index (Phi) is 3.20. The van der Waals surface area contributed by atoms with Gasteiger partial charge in [0.1, 0.15) is 0 Å². The standard InChI is InChI=1S/C14H23N3OS/c1-2-17(13(15)19)16-12(18)14-6-9-3-10(7-14)5-11(4-9)8-14/h9-11H,2-8H2,1H3,(H2,15,19)(H,16,18). The van der Waals surface area contributed by atoms with Crippen molar-refractivity contribution in [2.24, 2.45) is 28.9 Å². The van der Waals surface area contributed by atoms with E-state index < -0.39 is 0 Å². The molecule has 1 amide bonds. The zero-order valence-electron chi connectivity index (χ0n) is 11.5. The van der Waals surface area contributed by atoms with Crippen LogP contribution in [0.1, 0.15) is 45.4 Å². The van der Waals surface area contributed by atoms with Crippen LogP contribution in [0, 0.1) is 23.2 Å². The van der Waals surface area contributed by atoms with Gasteiger partial charge in [-0.25, -0.2) is 0 Å². The highest BCUT2D eigenvalue weighted by Gasteiger charge is 2.54. The number of nitrogens with zero attached hydrogens (tertiary/aromatic N) is 1. The number of hydrazine groups is 1. The van der Waals surface area contributed by atoms with Gasteiger partial charge in [-0.05, 0) is 75.4 Å². The van der Waals surface area contributed by atoms with Crippen molar-refractivity contribution >= 4 is 23.2 Å². The SMILES string of the molecule is CCN(NC(=O)C12CC3CC(CC(C3)C1)C2)C(N)=S. The van der Waals surface area contributed by atoms with Crippen molar-refractivity contribution < 1.29 is 4.79 Å². The second kappa shape index (κ2) is 4.62. The first-order valence-corrected chi connectivity index (χ1v) is 7.81. The Labute approximate surface area is 120 Å². The van der Waals surface area contributed by atoms with Crippen LogP contribution in [0.4, 0.5) is 0 Å². The average molecular weight is 281 g/mol. The number of carbonyl (C=O) groups is 1. The highest BCUT2D eigenvalue weighted by Crippen LogP contribution is 2.60. The lowest BCUT2D eigenvalue weighted by Crippen LogP contribution is -2.58.